The molecule has 0 amide bonds. The van der Waals surface area contributed by atoms with Crippen molar-refractivity contribution in [3.05, 3.63) is 29.8 Å². The van der Waals surface area contributed by atoms with Crippen molar-refractivity contribution in [2.75, 3.05) is 19.3 Å². The second-order valence-corrected chi connectivity index (χ2v) is 8.07. The van der Waals surface area contributed by atoms with Crippen LogP contribution in [0.4, 0.5) is 0 Å². The molecule has 0 bridgehead atoms. The molecule has 9 heteroatoms. The number of hydrogen-bond donors (Lipinski definition) is 2. The van der Waals surface area contributed by atoms with Gasteiger partial charge in [0.2, 0.25) is 20.0 Å². The van der Waals surface area contributed by atoms with Gasteiger partial charge in [0.05, 0.1) is 10.6 Å². The van der Waals surface area contributed by atoms with E-state index in [9.17, 15) is 16.8 Å². The molecule has 0 radical (unpaired) electrons. The average molecular weight is 371 g/mol. The van der Waals surface area contributed by atoms with E-state index in [0.717, 1.165) is 5.56 Å². The van der Waals surface area contributed by atoms with Gasteiger partial charge in [0.15, 0.2) is 0 Å². The smallest absolute Gasteiger partial charge is 0.218 e. The monoisotopic (exact) mass is 370 g/mol. The fourth-order valence-corrected chi connectivity index (χ4v) is 3.36. The van der Waals surface area contributed by atoms with Crippen molar-refractivity contribution in [2.24, 2.45) is 0 Å². The van der Waals surface area contributed by atoms with Crippen molar-refractivity contribution in [1.29, 1.82) is 0 Å². The Morgan fingerprint density at radius 3 is 2.16 bits per heavy atom. The molecule has 0 spiro atoms. The first-order valence-electron chi connectivity index (χ1n) is 5.36. The molecular weight excluding hydrogens is 356 g/mol. The first-order valence-corrected chi connectivity index (χ1v) is 9.62. The Balaban J connectivity index is 2.70. The standard InChI is InChI=1S/C10H15BrN2O4S2/c1-12-18(14,15)7-6-13-19(16,17)10-4-2-9(8-11)3-5-10/h2-5,12-13H,6-8H2,1H3. The van der Waals surface area contributed by atoms with Gasteiger partial charge in [-0.2, -0.15) is 0 Å². The Morgan fingerprint density at radius 1 is 1.11 bits per heavy atom. The van der Waals surface area contributed by atoms with Crippen molar-refractivity contribution < 1.29 is 16.8 Å². The van der Waals surface area contributed by atoms with Gasteiger partial charge >= 0.3 is 0 Å². The molecule has 1 aromatic carbocycles. The Labute approximate surface area is 121 Å². The minimum atomic E-state index is -3.67. The lowest BCUT2D eigenvalue weighted by atomic mass is 10.2. The second-order valence-electron chi connectivity index (χ2n) is 3.70. The van der Waals surface area contributed by atoms with Gasteiger partial charge in [-0.1, -0.05) is 28.1 Å². The van der Waals surface area contributed by atoms with E-state index in [1.165, 1.54) is 19.2 Å². The number of halogens is 1. The molecule has 0 aliphatic carbocycles. The first-order chi connectivity index (χ1) is 8.80. The molecule has 0 aliphatic heterocycles. The summed E-state index contributed by atoms with van der Waals surface area (Å²) < 4.78 is 50.4. The lowest BCUT2D eigenvalue weighted by molar-refractivity contribution is 0.578. The van der Waals surface area contributed by atoms with E-state index in [1.807, 2.05) is 0 Å². The van der Waals surface area contributed by atoms with Crippen LogP contribution in [0, 0.1) is 0 Å². The average Bonchev–Trinajstić information content (AvgIpc) is 2.38. The molecule has 0 saturated carbocycles. The zero-order valence-corrected chi connectivity index (χ0v) is 13.5. The minimum Gasteiger partial charge on any atom is -0.218 e. The molecule has 0 unspecified atom stereocenters. The summed E-state index contributed by atoms with van der Waals surface area (Å²) in [5.41, 5.74) is 0.955. The molecule has 0 fully saturated rings. The van der Waals surface area contributed by atoms with Crippen molar-refractivity contribution in [2.45, 2.75) is 10.2 Å². The van der Waals surface area contributed by atoms with Crippen LogP contribution in [0.15, 0.2) is 29.2 Å². The van der Waals surface area contributed by atoms with Crippen LogP contribution < -0.4 is 9.44 Å². The van der Waals surface area contributed by atoms with E-state index >= 15 is 0 Å². The zero-order chi connectivity index (χ0) is 14.5. The summed E-state index contributed by atoms with van der Waals surface area (Å²) in [6, 6.07) is 6.33. The number of benzene rings is 1. The molecule has 1 rings (SSSR count). The lowest BCUT2D eigenvalue weighted by Crippen LogP contribution is -2.32. The van der Waals surface area contributed by atoms with E-state index < -0.39 is 20.0 Å². The van der Waals surface area contributed by atoms with Gasteiger partial charge in [-0.3, -0.25) is 0 Å². The fraction of sp³-hybridized carbons (Fsp3) is 0.400. The van der Waals surface area contributed by atoms with Crippen LogP contribution in [0.2, 0.25) is 0 Å². The summed E-state index contributed by atoms with van der Waals surface area (Å²) in [6.07, 6.45) is 0. The predicted octanol–water partition coefficient (Wildman–Crippen LogP) is 0.409. The molecule has 6 nitrogen and oxygen atoms in total. The van der Waals surface area contributed by atoms with Crippen LogP contribution in [0.3, 0.4) is 0 Å². The normalized spacial score (nSPS) is 12.5. The van der Waals surface area contributed by atoms with Gasteiger partial charge in [0.25, 0.3) is 0 Å². The second kappa shape index (κ2) is 6.80. The maximum absolute atomic E-state index is 11.9. The van der Waals surface area contributed by atoms with Gasteiger partial charge in [0, 0.05) is 11.9 Å². The largest absolute Gasteiger partial charge is 0.240 e. The van der Waals surface area contributed by atoms with E-state index in [0.29, 0.717) is 5.33 Å². The molecule has 1 aromatic rings. The van der Waals surface area contributed by atoms with Crippen molar-refractivity contribution >= 4 is 36.0 Å². The van der Waals surface area contributed by atoms with Crippen LogP contribution in [0.25, 0.3) is 0 Å². The van der Waals surface area contributed by atoms with Gasteiger partial charge in [-0.15, -0.1) is 0 Å². The molecule has 19 heavy (non-hydrogen) atoms. The highest BCUT2D eigenvalue weighted by atomic mass is 79.9. The zero-order valence-electron chi connectivity index (χ0n) is 10.3. The van der Waals surface area contributed by atoms with E-state index in [2.05, 4.69) is 25.4 Å². The van der Waals surface area contributed by atoms with Gasteiger partial charge in [-0.05, 0) is 24.7 Å². The number of hydrogen-bond acceptors (Lipinski definition) is 4. The molecule has 0 heterocycles. The number of sulfonamides is 2. The highest BCUT2D eigenvalue weighted by Gasteiger charge is 2.15. The summed E-state index contributed by atoms with van der Waals surface area (Å²) in [5.74, 6) is -0.303. The van der Waals surface area contributed by atoms with Crippen LogP contribution in [0.1, 0.15) is 5.56 Å². The molecule has 0 saturated heterocycles. The third kappa shape index (κ3) is 5.19. The van der Waals surface area contributed by atoms with Crippen molar-refractivity contribution in [3.8, 4) is 0 Å². The molecule has 0 aliphatic rings. The first kappa shape index (κ1) is 16.6. The quantitative estimate of drug-likeness (QED) is 0.679. The van der Waals surface area contributed by atoms with Gasteiger partial charge in [-0.25, -0.2) is 26.3 Å². The Morgan fingerprint density at radius 2 is 1.68 bits per heavy atom. The summed E-state index contributed by atoms with van der Waals surface area (Å²) in [4.78, 5) is 0.110. The minimum absolute atomic E-state index is 0.110. The van der Waals surface area contributed by atoms with Gasteiger partial charge in [0.1, 0.15) is 0 Å². The molecular formula is C10H15BrN2O4S2. The lowest BCUT2D eigenvalue weighted by Gasteiger charge is -2.07. The molecule has 0 atom stereocenters. The molecule has 0 aromatic heterocycles. The maximum atomic E-state index is 11.9. The van der Waals surface area contributed by atoms with Crippen LogP contribution in [0.5, 0.6) is 0 Å². The summed E-state index contributed by atoms with van der Waals surface area (Å²) in [6.45, 7) is -0.175. The number of nitrogens with one attached hydrogen (secondary N) is 2. The topological polar surface area (TPSA) is 92.3 Å². The Hall–Kier alpha value is -0.480. The van der Waals surface area contributed by atoms with E-state index in [4.69, 9.17) is 0 Å². The Bertz CT molecular complexity index is 611. The summed E-state index contributed by atoms with van der Waals surface area (Å²) >= 11 is 3.27. The fourth-order valence-electron chi connectivity index (χ4n) is 1.25. The maximum Gasteiger partial charge on any atom is 0.240 e. The van der Waals surface area contributed by atoms with Crippen LogP contribution >= 0.6 is 15.9 Å². The highest BCUT2D eigenvalue weighted by Crippen LogP contribution is 2.12. The van der Waals surface area contributed by atoms with Crippen LogP contribution in [-0.2, 0) is 25.4 Å². The summed E-state index contributed by atoms with van der Waals surface area (Å²) in [7, 11) is -5.81. The highest BCUT2D eigenvalue weighted by molar-refractivity contribution is 9.08. The number of rotatable bonds is 7. The van der Waals surface area contributed by atoms with Crippen LogP contribution in [-0.4, -0.2) is 36.2 Å². The third-order valence-corrected chi connectivity index (χ3v) is 5.85. The van der Waals surface area contributed by atoms with Gasteiger partial charge < -0.3 is 0 Å². The SMILES string of the molecule is CNS(=O)(=O)CCNS(=O)(=O)c1ccc(CBr)cc1. The van der Waals surface area contributed by atoms with E-state index in [1.54, 1.807) is 12.1 Å². The van der Waals surface area contributed by atoms with Crippen molar-refractivity contribution in [1.82, 2.24) is 9.44 Å². The third-order valence-electron chi connectivity index (χ3n) is 2.36. The summed E-state index contributed by atoms with van der Waals surface area (Å²) in [5, 5.41) is 0.640. The predicted molar refractivity (Wildman–Crippen MR) is 77.1 cm³/mol. The van der Waals surface area contributed by atoms with E-state index in [-0.39, 0.29) is 17.2 Å². The Kier molecular flexibility index (Phi) is 5.93. The molecule has 2 N–H and O–H groups in total. The van der Waals surface area contributed by atoms with Crippen molar-refractivity contribution in [3.63, 3.8) is 0 Å². The molecule has 108 valence electrons. The number of alkyl halides is 1.